The summed E-state index contributed by atoms with van der Waals surface area (Å²) in [7, 11) is -4.08. The van der Waals surface area contributed by atoms with Gasteiger partial charge in [-0.1, -0.05) is 0 Å². The highest BCUT2D eigenvalue weighted by molar-refractivity contribution is 7.89. The smallest absolute Gasteiger partial charge is 0.416 e. The molecule has 0 radical (unpaired) electrons. The lowest BCUT2D eigenvalue weighted by atomic mass is 10.0. The summed E-state index contributed by atoms with van der Waals surface area (Å²) in [6.45, 7) is 1.57. The number of pyridine rings is 1. The van der Waals surface area contributed by atoms with E-state index in [9.17, 15) is 26.4 Å². The van der Waals surface area contributed by atoms with Gasteiger partial charge in [0.25, 0.3) is 0 Å². The first-order chi connectivity index (χ1) is 13.1. The number of carbonyl (C=O) groups is 1. The first-order valence-electron chi connectivity index (χ1n) is 8.42. The van der Waals surface area contributed by atoms with Crippen LogP contribution in [0.2, 0.25) is 0 Å². The fraction of sp³-hybridized carbons (Fsp3) is 0.333. The third kappa shape index (κ3) is 3.88. The molecule has 1 aromatic heterocycles. The van der Waals surface area contributed by atoms with Crippen LogP contribution in [0.25, 0.3) is 0 Å². The number of alkyl halides is 3. The molecule has 0 amide bonds. The van der Waals surface area contributed by atoms with Crippen LogP contribution in [0.3, 0.4) is 0 Å². The third-order valence-corrected chi connectivity index (χ3v) is 6.31. The average molecular weight is 414 g/mol. The number of nitrogens with zero attached hydrogens (tertiary/aromatic N) is 2. The van der Waals surface area contributed by atoms with Gasteiger partial charge in [0.2, 0.25) is 10.0 Å². The number of ether oxygens (including phenoxy) is 1. The van der Waals surface area contributed by atoms with Crippen molar-refractivity contribution in [2.75, 3.05) is 6.61 Å². The predicted molar refractivity (Wildman–Crippen MR) is 92.4 cm³/mol. The molecule has 150 valence electrons. The number of benzene rings is 1. The van der Waals surface area contributed by atoms with Crippen LogP contribution in [0.15, 0.2) is 47.6 Å². The zero-order valence-corrected chi connectivity index (χ0v) is 15.6. The largest absolute Gasteiger partial charge is 0.466 e. The first kappa shape index (κ1) is 20.3. The maximum absolute atomic E-state index is 13.1. The monoisotopic (exact) mass is 414 g/mol. The van der Waals surface area contributed by atoms with E-state index in [-0.39, 0.29) is 30.0 Å². The molecule has 1 aromatic carbocycles. The maximum atomic E-state index is 13.1. The quantitative estimate of drug-likeness (QED) is 0.702. The Bertz CT molecular complexity index is 978. The van der Waals surface area contributed by atoms with Crippen LogP contribution in [-0.2, 0) is 32.3 Å². The van der Waals surface area contributed by atoms with Gasteiger partial charge in [-0.25, -0.2) is 8.42 Å². The molecule has 0 unspecified atom stereocenters. The summed E-state index contributed by atoms with van der Waals surface area (Å²) in [4.78, 5) is 15.7. The highest BCUT2D eigenvalue weighted by Gasteiger charge is 2.45. The molecule has 0 saturated carbocycles. The number of hydrogen-bond acceptors (Lipinski definition) is 5. The topological polar surface area (TPSA) is 76.6 Å². The molecule has 0 N–H and O–H groups in total. The molecule has 6 nitrogen and oxygen atoms in total. The van der Waals surface area contributed by atoms with Crippen molar-refractivity contribution in [1.29, 1.82) is 0 Å². The number of rotatable bonds is 5. The molecule has 1 aliphatic heterocycles. The molecule has 2 aromatic rings. The first-order valence-corrected chi connectivity index (χ1v) is 9.86. The van der Waals surface area contributed by atoms with Gasteiger partial charge < -0.3 is 4.74 Å². The van der Waals surface area contributed by atoms with Gasteiger partial charge in [-0.15, -0.1) is 0 Å². The second kappa shape index (κ2) is 7.51. The number of esters is 1. The Morgan fingerprint density at radius 1 is 1.21 bits per heavy atom. The Kier molecular flexibility index (Phi) is 5.44. The number of aromatic nitrogens is 1. The predicted octanol–water partition coefficient (Wildman–Crippen LogP) is 3.30. The Hall–Kier alpha value is -2.46. The molecule has 28 heavy (non-hydrogen) atoms. The molecule has 0 spiro atoms. The maximum Gasteiger partial charge on any atom is 0.416 e. The van der Waals surface area contributed by atoms with Gasteiger partial charge in [0.1, 0.15) is 0 Å². The normalized spacial score (nSPS) is 18.6. The summed E-state index contributed by atoms with van der Waals surface area (Å²) in [5.41, 5.74) is -0.436. The summed E-state index contributed by atoms with van der Waals surface area (Å²) in [6, 6.07) is 4.58. The standard InChI is InChI=1S/C18H17F3N2O4S/c1-2-27-17(24)10-15-14-9-13(18(19,20)21)3-4-16(14)28(25,26)23(15)11-12-5-7-22-8-6-12/h3-9,15H,2,10-11H2,1H3/t15-/m0/s1. The summed E-state index contributed by atoms with van der Waals surface area (Å²) >= 11 is 0. The Morgan fingerprint density at radius 3 is 2.50 bits per heavy atom. The lowest BCUT2D eigenvalue weighted by Crippen LogP contribution is -2.29. The van der Waals surface area contributed by atoms with Crippen LogP contribution >= 0.6 is 0 Å². The van der Waals surface area contributed by atoms with E-state index >= 15 is 0 Å². The lowest BCUT2D eigenvalue weighted by molar-refractivity contribution is -0.144. The summed E-state index contributed by atoms with van der Waals surface area (Å²) < 4.78 is 71.3. The number of halogens is 3. The van der Waals surface area contributed by atoms with E-state index < -0.39 is 33.8 Å². The van der Waals surface area contributed by atoms with Crippen molar-refractivity contribution < 1.29 is 31.1 Å². The van der Waals surface area contributed by atoms with Gasteiger partial charge in [0, 0.05) is 18.9 Å². The van der Waals surface area contributed by atoms with Crippen LogP contribution in [0, 0.1) is 0 Å². The van der Waals surface area contributed by atoms with E-state index in [4.69, 9.17) is 4.74 Å². The fourth-order valence-corrected chi connectivity index (χ4v) is 4.95. The zero-order chi connectivity index (χ0) is 20.5. The van der Waals surface area contributed by atoms with Gasteiger partial charge in [-0.2, -0.15) is 17.5 Å². The minimum absolute atomic E-state index is 0.0584. The number of carbonyl (C=O) groups excluding carboxylic acids is 1. The third-order valence-electron chi connectivity index (χ3n) is 4.38. The molecular weight excluding hydrogens is 397 g/mol. The Labute approximate surface area is 160 Å². The summed E-state index contributed by atoms with van der Waals surface area (Å²) in [6.07, 6.45) is -2.06. The zero-order valence-electron chi connectivity index (χ0n) is 14.8. The van der Waals surface area contributed by atoms with Crippen LogP contribution in [-0.4, -0.2) is 30.3 Å². The SMILES string of the molecule is CCOC(=O)C[C@H]1c2cc(C(F)(F)F)ccc2S(=O)(=O)N1Cc1ccncc1. The van der Waals surface area contributed by atoms with Crippen molar-refractivity contribution in [1.82, 2.24) is 9.29 Å². The molecule has 1 atom stereocenters. The summed E-state index contributed by atoms with van der Waals surface area (Å²) in [5, 5.41) is 0. The van der Waals surface area contributed by atoms with E-state index in [1.54, 1.807) is 19.1 Å². The van der Waals surface area contributed by atoms with E-state index in [1.807, 2.05) is 0 Å². The molecule has 2 heterocycles. The summed E-state index contributed by atoms with van der Waals surface area (Å²) in [5.74, 6) is -0.687. The molecule has 3 rings (SSSR count). The minimum atomic E-state index is -4.63. The highest BCUT2D eigenvalue weighted by atomic mass is 32.2. The van der Waals surface area contributed by atoms with Crippen molar-refractivity contribution in [2.45, 2.75) is 37.0 Å². The molecule has 0 bridgehead atoms. The number of hydrogen-bond donors (Lipinski definition) is 0. The number of sulfonamides is 1. The second-order valence-electron chi connectivity index (χ2n) is 6.18. The van der Waals surface area contributed by atoms with Crippen molar-refractivity contribution in [3.05, 3.63) is 59.4 Å². The number of fused-ring (bicyclic) bond motifs is 1. The molecular formula is C18H17F3N2O4S. The van der Waals surface area contributed by atoms with Crippen molar-refractivity contribution in [2.24, 2.45) is 0 Å². The van der Waals surface area contributed by atoms with Crippen LogP contribution in [0.5, 0.6) is 0 Å². The van der Waals surface area contributed by atoms with Gasteiger partial charge in [0.05, 0.1) is 29.5 Å². The molecule has 1 aliphatic rings. The van der Waals surface area contributed by atoms with E-state index in [1.165, 1.54) is 12.4 Å². The molecule has 0 aliphatic carbocycles. The van der Waals surface area contributed by atoms with Crippen molar-refractivity contribution >= 4 is 16.0 Å². The minimum Gasteiger partial charge on any atom is -0.466 e. The van der Waals surface area contributed by atoms with Gasteiger partial charge in [0.15, 0.2) is 0 Å². The van der Waals surface area contributed by atoms with Crippen LogP contribution < -0.4 is 0 Å². The van der Waals surface area contributed by atoms with E-state index in [0.717, 1.165) is 22.5 Å². The van der Waals surface area contributed by atoms with Crippen molar-refractivity contribution in [3.8, 4) is 0 Å². The Morgan fingerprint density at radius 2 is 1.89 bits per heavy atom. The Balaban J connectivity index is 2.08. The van der Waals surface area contributed by atoms with E-state index in [2.05, 4.69) is 4.98 Å². The second-order valence-corrected chi connectivity index (χ2v) is 8.04. The lowest BCUT2D eigenvalue weighted by Gasteiger charge is -2.23. The van der Waals surface area contributed by atoms with Gasteiger partial charge in [-0.05, 0) is 48.4 Å². The van der Waals surface area contributed by atoms with Gasteiger partial charge >= 0.3 is 12.1 Å². The van der Waals surface area contributed by atoms with Crippen LogP contribution in [0.4, 0.5) is 13.2 Å². The molecule has 0 saturated heterocycles. The molecule has 0 fully saturated rings. The van der Waals surface area contributed by atoms with Crippen LogP contribution in [0.1, 0.15) is 36.1 Å². The fourth-order valence-electron chi connectivity index (χ4n) is 3.12. The van der Waals surface area contributed by atoms with Gasteiger partial charge in [-0.3, -0.25) is 9.78 Å². The van der Waals surface area contributed by atoms with Crippen molar-refractivity contribution in [3.63, 3.8) is 0 Å². The molecule has 10 heteroatoms. The van der Waals surface area contributed by atoms with E-state index in [0.29, 0.717) is 5.56 Å². The average Bonchev–Trinajstić information content (AvgIpc) is 2.83. The highest BCUT2D eigenvalue weighted by Crippen LogP contribution is 2.44.